The highest BCUT2D eigenvalue weighted by atomic mass is 16.5. The van der Waals surface area contributed by atoms with Crippen molar-refractivity contribution in [3.05, 3.63) is 35.5 Å². The number of benzene rings is 1. The Kier molecular flexibility index (Phi) is 7.33. The fourth-order valence-electron chi connectivity index (χ4n) is 2.45. The zero-order valence-electron chi connectivity index (χ0n) is 14.7. The number of rotatable bonds is 10. The van der Waals surface area contributed by atoms with Crippen LogP contribution in [0, 0.1) is 0 Å². The minimum atomic E-state index is 0.522. The summed E-state index contributed by atoms with van der Waals surface area (Å²) >= 11 is 0. The second kappa shape index (κ2) is 9.75. The van der Waals surface area contributed by atoms with Crippen molar-refractivity contribution >= 4 is 12.2 Å². The topological polar surface area (TPSA) is 57.4 Å². The molecule has 1 heterocycles. The molecule has 0 unspecified atom stereocenters. The third-order valence-corrected chi connectivity index (χ3v) is 3.81. The van der Waals surface area contributed by atoms with Gasteiger partial charge in [-0.25, -0.2) is 0 Å². The second-order valence-corrected chi connectivity index (χ2v) is 5.66. The van der Waals surface area contributed by atoms with Crippen molar-refractivity contribution in [1.29, 1.82) is 0 Å². The molecule has 0 aliphatic heterocycles. The zero-order chi connectivity index (χ0) is 17.2. The van der Waals surface area contributed by atoms with Crippen LogP contribution in [-0.2, 0) is 6.42 Å². The highest BCUT2D eigenvalue weighted by Crippen LogP contribution is 2.28. The van der Waals surface area contributed by atoms with Gasteiger partial charge in [0.05, 0.1) is 14.2 Å². The molecule has 0 N–H and O–H groups in total. The molecule has 0 radical (unpaired) electrons. The minimum Gasteiger partial charge on any atom is -0.493 e. The van der Waals surface area contributed by atoms with Crippen molar-refractivity contribution in [3.63, 3.8) is 0 Å². The molecule has 0 aliphatic carbocycles. The number of hydrogen-bond donors (Lipinski definition) is 0. The maximum absolute atomic E-state index is 5.29. The Hall–Kier alpha value is -2.30. The molecule has 0 aliphatic rings. The Morgan fingerprint density at radius 2 is 1.79 bits per heavy atom. The quantitative estimate of drug-likeness (QED) is 0.587. The van der Waals surface area contributed by atoms with Crippen molar-refractivity contribution < 1.29 is 14.0 Å². The van der Waals surface area contributed by atoms with Crippen molar-refractivity contribution in [2.75, 3.05) is 14.2 Å². The molecule has 24 heavy (non-hydrogen) atoms. The summed E-state index contributed by atoms with van der Waals surface area (Å²) in [6.07, 6.45) is 10.8. The van der Waals surface area contributed by atoms with Crippen molar-refractivity contribution in [2.45, 2.75) is 45.4 Å². The number of unbranched alkanes of at least 4 members (excludes halogenated alkanes) is 4. The first kappa shape index (κ1) is 18.0. The lowest BCUT2D eigenvalue weighted by atomic mass is 10.1. The number of hydrogen-bond acceptors (Lipinski definition) is 5. The van der Waals surface area contributed by atoms with Gasteiger partial charge in [-0.1, -0.05) is 43.8 Å². The zero-order valence-corrected chi connectivity index (χ0v) is 14.7. The molecule has 0 atom stereocenters. The van der Waals surface area contributed by atoms with Gasteiger partial charge in [0.15, 0.2) is 17.3 Å². The van der Waals surface area contributed by atoms with Crippen LogP contribution in [0.25, 0.3) is 12.2 Å². The van der Waals surface area contributed by atoms with Crippen molar-refractivity contribution in [2.24, 2.45) is 0 Å². The Bertz CT molecular complexity index is 650. The standard InChI is InChI=1S/C19H26N2O3/c1-4-5-6-7-8-9-18-20-19(24-21-18)13-11-15-10-12-16(22-2)17(14-15)23-3/h10-14H,4-9H2,1-3H3. The third kappa shape index (κ3) is 5.41. The molecule has 0 saturated heterocycles. The van der Waals surface area contributed by atoms with E-state index < -0.39 is 0 Å². The van der Waals surface area contributed by atoms with Gasteiger partial charge in [0.1, 0.15) is 0 Å². The van der Waals surface area contributed by atoms with Gasteiger partial charge in [0, 0.05) is 12.5 Å². The SMILES string of the molecule is CCCCCCCc1noc(C=Cc2ccc(OC)c(OC)c2)n1. The second-order valence-electron chi connectivity index (χ2n) is 5.66. The summed E-state index contributed by atoms with van der Waals surface area (Å²) in [7, 11) is 3.24. The highest BCUT2D eigenvalue weighted by Gasteiger charge is 2.05. The summed E-state index contributed by atoms with van der Waals surface area (Å²) in [4.78, 5) is 4.40. The molecule has 1 aromatic carbocycles. The summed E-state index contributed by atoms with van der Waals surface area (Å²) < 4.78 is 15.8. The van der Waals surface area contributed by atoms with Crippen LogP contribution in [-0.4, -0.2) is 24.4 Å². The first-order valence-electron chi connectivity index (χ1n) is 8.49. The lowest BCUT2D eigenvalue weighted by Crippen LogP contribution is -1.90. The first-order valence-corrected chi connectivity index (χ1v) is 8.49. The summed E-state index contributed by atoms with van der Waals surface area (Å²) in [6, 6.07) is 5.72. The van der Waals surface area contributed by atoms with E-state index in [1.165, 1.54) is 25.7 Å². The van der Waals surface area contributed by atoms with Crippen LogP contribution in [0.1, 0.15) is 56.3 Å². The van der Waals surface area contributed by atoms with E-state index in [-0.39, 0.29) is 0 Å². The van der Waals surface area contributed by atoms with Crippen LogP contribution in [0.15, 0.2) is 22.7 Å². The average molecular weight is 330 g/mol. The summed E-state index contributed by atoms with van der Waals surface area (Å²) in [6.45, 7) is 2.22. The van der Waals surface area contributed by atoms with E-state index in [0.717, 1.165) is 24.2 Å². The van der Waals surface area contributed by atoms with E-state index >= 15 is 0 Å². The molecule has 2 rings (SSSR count). The number of methoxy groups -OCH3 is 2. The van der Waals surface area contributed by atoms with E-state index in [1.54, 1.807) is 14.2 Å². The van der Waals surface area contributed by atoms with Gasteiger partial charge in [-0.3, -0.25) is 0 Å². The van der Waals surface area contributed by atoms with Crippen LogP contribution in [0.2, 0.25) is 0 Å². The monoisotopic (exact) mass is 330 g/mol. The van der Waals surface area contributed by atoms with E-state index in [4.69, 9.17) is 14.0 Å². The molecular formula is C19H26N2O3. The lowest BCUT2D eigenvalue weighted by Gasteiger charge is -2.07. The molecule has 0 fully saturated rings. The predicted octanol–water partition coefficient (Wildman–Crippen LogP) is 4.77. The molecule has 130 valence electrons. The lowest BCUT2D eigenvalue weighted by molar-refractivity contribution is 0.355. The Labute approximate surface area is 143 Å². The fourth-order valence-corrected chi connectivity index (χ4v) is 2.45. The van der Waals surface area contributed by atoms with Gasteiger partial charge in [-0.2, -0.15) is 4.98 Å². The number of ether oxygens (including phenoxy) is 2. The normalized spacial score (nSPS) is 11.1. The average Bonchev–Trinajstić information content (AvgIpc) is 3.07. The minimum absolute atomic E-state index is 0.522. The fraction of sp³-hybridized carbons (Fsp3) is 0.474. The smallest absolute Gasteiger partial charge is 0.250 e. The maximum atomic E-state index is 5.29. The van der Waals surface area contributed by atoms with Gasteiger partial charge in [-0.15, -0.1) is 0 Å². The third-order valence-electron chi connectivity index (χ3n) is 3.81. The molecular weight excluding hydrogens is 304 g/mol. The first-order chi connectivity index (χ1) is 11.8. The Balaban J connectivity index is 1.90. The van der Waals surface area contributed by atoms with Crippen LogP contribution in [0.5, 0.6) is 11.5 Å². The molecule has 0 amide bonds. The molecule has 0 spiro atoms. The number of aryl methyl sites for hydroxylation is 1. The van der Waals surface area contributed by atoms with Gasteiger partial charge in [0.2, 0.25) is 0 Å². The van der Waals surface area contributed by atoms with Gasteiger partial charge in [0.25, 0.3) is 5.89 Å². The van der Waals surface area contributed by atoms with Crippen LogP contribution < -0.4 is 9.47 Å². The van der Waals surface area contributed by atoms with Gasteiger partial charge >= 0.3 is 0 Å². The molecule has 1 aromatic heterocycles. The Morgan fingerprint density at radius 1 is 1.00 bits per heavy atom. The molecule has 5 heteroatoms. The number of aromatic nitrogens is 2. The maximum Gasteiger partial charge on any atom is 0.250 e. The molecule has 0 bridgehead atoms. The van der Waals surface area contributed by atoms with Crippen molar-refractivity contribution in [3.8, 4) is 11.5 Å². The van der Waals surface area contributed by atoms with E-state index in [2.05, 4.69) is 17.1 Å². The molecule has 2 aromatic rings. The van der Waals surface area contributed by atoms with E-state index in [1.807, 2.05) is 30.4 Å². The highest BCUT2D eigenvalue weighted by molar-refractivity contribution is 5.67. The largest absolute Gasteiger partial charge is 0.493 e. The number of nitrogens with zero attached hydrogens (tertiary/aromatic N) is 2. The van der Waals surface area contributed by atoms with Gasteiger partial charge < -0.3 is 14.0 Å². The predicted molar refractivity (Wildman–Crippen MR) is 95.2 cm³/mol. The molecule has 0 saturated carbocycles. The molecule has 5 nitrogen and oxygen atoms in total. The van der Waals surface area contributed by atoms with E-state index in [9.17, 15) is 0 Å². The van der Waals surface area contributed by atoms with Crippen LogP contribution >= 0.6 is 0 Å². The van der Waals surface area contributed by atoms with Gasteiger partial charge in [-0.05, 0) is 30.2 Å². The summed E-state index contributed by atoms with van der Waals surface area (Å²) in [5.74, 6) is 2.70. The van der Waals surface area contributed by atoms with Crippen molar-refractivity contribution in [1.82, 2.24) is 10.1 Å². The van der Waals surface area contributed by atoms with Crippen LogP contribution in [0.3, 0.4) is 0 Å². The summed E-state index contributed by atoms with van der Waals surface area (Å²) in [5, 5.41) is 4.03. The van der Waals surface area contributed by atoms with Crippen LogP contribution in [0.4, 0.5) is 0 Å². The summed E-state index contributed by atoms with van der Waals surface area (Å²) in [5.41, 5.74) is 0.979. The Morgan fingerprint density at radius 3 is 2.54 bits per heavy atom. The van der Waals surface area contributed by atoms with E-state index in [0.29, 0.717) is 17.4 Å².